The molecule has 0 bridgehead atoms. The molecule has 0 aliphatic carbocycles. The van der Waals surface area contributed by atoms with E-state index in [0.717, 1.165) is 66.7 Å². The van der Waals surface area contributed by atoms with Crippen LogP contribution in [-0.4, -0.2) is 22.6 Å². The Kier molecular flexibility index (Phi) is 13.8. The van der Waals surface area contributed by atoms with Crippen molar-refractivity contribution in [1.82, 2.24) is 14.5 Å². The Bertz CT molecular complexity index is 3750. The molecule has 2 aliphatic rings. The molecule has 369 valence electrons. The molecule has 0 saturated carbocycles. The van der Waals surface area contributed by atoms with Crippen LogP contribution < -0.4 is 5.19 Å². The minimum Gasteiger partial charge on any atom is -0.501 e. The van der Waals surface area contributed by atoms with Gasteiger partial charge in [-0.05, 0) is 104 Å². The maximum Gasteiger partial charge on any atom is 0.121 e. The zero-order valence-electron chi connectivity index (χ0n) is 42.4. The number of fused-ring (bicyclic) bond motifs is 6. The minimum absolute atomic E-state index is 0. The topological polar surface area (TPSA) is 43.9 Å². The number of benzene rings is 8. The molecule has 0 unspecified atom stereocenters. The van der Waals surface area contributed by atoms with Gasteiger partial charge in [0.25, 0.3) is 0 Å². The summed E-state index contributed by atoms with van der Waals surface area (Å²) in [5.74, 6) is 1.10. The molecule has 7 heteroatoms. The van der Waals surface area contributed by atoms with E-state index in [1.54, 1.807) is 11.3 Å². The van der Waals surface area contributed by atoms with Crippen molar-refractivity contribution in [2.45, 2.75) is 83.3 Å². The van der Waals surface area contributed by atoms with Crippen molar-refractivity contribution >= 4 is 46.2 Å². The Labute approximate surface area is 448 Å². The van der Waals surface area contributed by atoms with E-state index in [0.29, 0.717) is 0 Å². The van der Waals surface area contributed by atoms with Crippen molar-refractivity contribution in [2.75, 3.05) is 0 Å². The molecule has 3 aromatic heterocycles. The molecule has 4 nitrogen and oxygen atoms in total. The van der Waals surface area contributed by atoms with Crippen LogP contribution in [-0.2, 0) is 26.5 Å². The van der Waals surface area contributed by atoms with Crippen LogP contribution >= 0.6 is 0 Å². The summed E-state index contributed by atoms with van der Waals surface area (Å²) in [4.78, 5) is 10.0. The van der Waals surface area contributed by atoms with Crippen LogP contribution in [0, 0.1) is 17.9 Å². The molecule has 0 atom stereocenters. The molecule has 1 saturated heterocycles. The Morgan fingerprint density at radius 1 is 0.608 bits per heavy atom. The van der Waals surface area contributed by atoms with Gasteiger partial charge in [0.2, 0.25) is 0 Å². The summed E-state index contributed by atoms with van der Waals surface area (Å²) in [7, 11) is -1.21. The number of aryl methyl sites for hydroxylation is 1. The summed E-state index contributed by atoms with van der Waals surface area (Å²) in [6, 6.07) is 71.7. The standard InChI is InChI=1S/C49H39N2O.C18H19FNSi.Ir/c1-31(2)42-28-38(36-24-22-35(23-25-36)33-14-7-5-8-15-33)29-43(32(3)4)47(42)51-45-21-12-11-20-44(45)50-49(51)41-19-13-18-40-39-27-26-37(30-46(39)52-48(40)41)34-16-9-6-10-17-34;19-16-7-5-14(6-8-16)17-12-15-4-3-11-21(9-1-2-10-21)18(15)13-20-17;/h5-18,20-32H,1-4H3;5,7-8,12-13H,1-4,9-11H2;/q2*-1;. The minimum atomic E-state index is -1.21. The first-order valence-electron chi connectivity index (χ1n) is 26.1. The van der Waals surface area contributed by atoms with Crippen molar-refractivity contribution in [3.63, 3.8) is 0 Å². The van der Waals surface area contributed by atoms with Gasteiger partial charge in [0.05, 0.1) is 30.5 Å². The van der Waals surface area contributed by atoms with E-state index in [4.69, 9.17) is 14.4 Å². The van der Waals surface area contributed by atoms with E-state index < -0.39 is 8.07 Å². The van der Waals surface area contributed by atoms with Gasteiger partial charge in [-0.2, -0.15) is 0 Å². The molecule has 0 amide bonds. The van der Waals surface area contributed by atoms with Crippen molar-refractivity contribution in [3.8, 4) is 61.7 Å². The molecule has 1 fully saturated rings. The van der Waals surface area contributed by atoms with E-state index in [2.05, 4.69) is 196 Å². The summed E-state index contributed by atoms with van der Waals surface area (Å²) in [5, 5.41) is 3.77. The molecular formula is C67H58FIrN3OSi-2. The molecule has 5 heterocycles. The maximum atomic E-state index is 13.0. The van der Waals surface area contributed by atoms with Crippen LogP contribution in [0.2, 0.25) is 18.1 Å². The fourth-order valence-corrected chi connectivity index (χ4v) is 17.3. The number of para-hydroxylation sites is 2. The van der Waals surface area contributed by atoms with Gasteiger partial charge in [0.15, 0.2) is 0 Å². The van der Waals surface area contributed by atoms with Gasteiger partial charge in [-0.1, -0.05) is 197 Å². The van der Waals surface area contributed by atoms with Gasteiger partial charge in [-0.25, -0.2) is 0 Å². The number of aromatic nitrogens is 3. The summed E-state index contributed by atoms with van der Waals surface area (Å²) in [6.07, 6.45) is 7.51. The first kappa shape index (κ1) is 49.2. The SMILES string of the molecule is CC(C)c1cc(-c2ccc(-c3ccccc3)cc2)cc(C(C)C)c1-n1c(-c2[c-]ccc3c2oc2cc(-c4ccccc4)ccc23)nc2ccccc21.Fc1c[c-]c(-c2cc3c(cn2)[Si]2(CCCC2)CCC3)cc1.[Ir]. The number of halogens is 1. The average Bonchev–Trinajstić information content (AvgIpc) is 4.18. The number of rotatable bonds is 8. The fourth-order valence-electron chi connectivity index (χ4n) is 11.8. The molecule has 8 aromatic carbocycles. The fraction of sp³-hybridized carbons (Fsp3) is 0.194. The number of pyridine rings is 1. The molecule has 1 spiro atoms. The first-order chi connectivity index (χ1) is 35.7. The number of furan rings is 1. The number of hydrogen-bond acceptors (Lipinski definition) is 3. The number of hydrogen-bond donors (Lipinski definition) is 0. The summed E-state index contributed by atoms with van der Waals surface area (Å²) >= 11 is 0. The van der Waals surface area contributed by atoms with Crippen LogP contribution in [0.15, 0.2) is 187 Å². The largest absolute Gasteiger partial charge is 0.501 e. The second kappa shape index (κ2) is 20.7. The third-order valence-corrected chi connectivity index (χ3v) is 21.1. The quantitative estimate of drug-likeness (QED) is 0.112. The Morgan fingerprint density at radius 3 is 1.91 bits per heavy atom. The Balaban J connectivity index is 0.000000223. The maximum absolute atomic E-state index is 13.0. The molecule has 13 rings (SSSR count). The van der Waals surface area contributed by atoms with Crippen LogP contribution in [0.25, 0.3) is 94.7 Å². The Morgan fingerprint density at radius 2 is 1.23 bits per heavy atom. The van der Waals surface area contributed by atoms with Crippen LogP contribution in [0.5, 0.6) is 0 Å². The zero-order chi connectivity index (χ0) is 49.6. The Hall–Kier alpha value is -7.02. The van der Waals surface area contributed by atoms with Crippen LogP contribution in [0.4, 0.5) is 4.39 Å². The van der Waals surface area contributed by atoms with Gasteiger partial charge in [-0.15, -0.1) is 48.0 Å². The summed E-state index contributed by atoms with van der Waals surface area (Å²) in [6.45, 7) is 9.17. The van der Waals surface area contributed by atoms with Gasteiger partial charge >= 0.3 is 0 Å². The van der Waals surface area contributed by atoms with E-state index >= 15 is 0 Å². The molecule has 2 aliphatic heterocycles. The monoisotopic (exact) mass is 1160 g/mol. The van der Waals surface area contributed by atoms with Crippen molar-refractivity contribution in [2.24, 2.45) is 0 Å². The second-order valence-corrected chi connectivity index (χ2v) is 25.4. The first-order valence-corrected chi connectivity index (χ1v) is 28.7. The van der Waals surface area contributed by atoms with Crippen molar-refractivity contribution < 1.29 is 28.9 Å². The van der Waals surface area contributed by atoms with Gasteiger partial charge in [-0.3, -0.25) is 9.37 Å². The number of imidazole rings is 1. The number of nitrogens with zero attached hydrogens (tertiary/aromatic N) is 3. The van der Waals surface area contributed by atoms with E-state index in [1.807, 2.05) is 12.1 Å². The molecule has 11 aromatic rings. The van der Waals surface area contributed by atoms with Gasteiger partial charge < -0.3 is 14.0 Å². The predicted molar refractivity (Wildman–Crippen MR) is 303 cm³/mol. The third kappa shape index (κ3) is 9.20. The molecule has 74 heavy (non-hydrogen) atoms. The average molecular weight is 1160 g/mol. The van der Waals surface area contributed by atoms with E-state index in [9.17, 15) is 4.39 Å². The molecule has 0 N–H and O–H groups in total. The van der Waals surface area contributed by atoms with Gasteiger partial charge in [0, 0.05) is 43.2 Å². The smallest absolute Gasteiger partial charge is 0.121 e. The van der Waals surface area contributed by atoms with Gasteiger partial charge in [0.1, 0.15) is 5.58 Å². The van der Waals surface area contributed by atoms with Crippen molar-refractivity contribution in [1.29, 1.82) is 0 Å². The zero-order valence-corrected chi connectivity index (χ0v) is 45.8. The summed E-state index contributed by atoms with van der Waals surface area (Å²) < 4.78 is 22.2. The van der Waals surface area contributed by atoms with E-state index in [1.165, 1.54) is 101 Å². The van der Waals surface area contributed by atoms with Crippen molar-refractivity contribution in [3.05, 3.63) is 217 Å². The molecular weight excluding hydrogens is 1100 g/mol. The second-order valence-electron chi connectivity index (χ2n) is 20.8. The predicted octanol–water partition coefficient (Wildman–Crippen LogP) is 17.7. The third-order valence-electron chi connectivity index (χ3n) is 15.6. The van der Waals surface area contributed by atoms with E-state index in [-0.39, 0.29) is 37.8 Å². The van der Waals surface area contributed by atoms with Crippen LogP contribution in [0.3, 0.4) is 0 Å². The molecule has 1 radical (unpaired) electrons. The van der Waals surface area contributed by atoms with Crippen LogP contribution in [0.1, 0.15) is 75.5 Å². The normalized spacial score (nSPS) is 13.9. The summed E-state index contributed by atoms with van der Waals surface area (Å²) in [5.41, 5.74) is 18.8.